The van der Waals surface area contributed by atoms with Crippen LogP contribution in [0.2, 0.25) is 0 Å². The van der Waals surface area contributed by atoms with Gasteiger partial charge in [-0.2, -0.15) is 0 Å². The van der Waals surface area contributed by atoms with Gasteiger partial charge in [0.1, 0.15) is 17.3 Å². The average Bonchev–Trinajstić information content (AvgIpc) is 3.38. The summed E-state index contributed by atoms with van der Waals surface area (Å²) in [5.41, 5.74) is 0.836. The van der Waals surface area contributed by atoms with Gasteiger partial charge in [0.2, 0.25) is 0 Å². The molecule has 5 nitrogen and oxygen atoms in total. The number of hydrogen-bond acceptors (Lipinski definition) is 3. The third-order valence-electron chi connectivity index (χ3n) is 3.42. The lowest BCUT2D eigenvalue weighted by Gasteiger charge is -2.11. The van der Waals surface area contributed by atoms with E-state index in [2.05, 4.69) is 20.6 Å². The number of pyridine rings is 1. The number of nitrogens with one attached hydrogen (secondary N) is 2. The van der Waals surface area contributed by atoms with Gasteiger partial charge in [0.05, 0.1) is 12.2 Å². The second-order valence-electron chi connectivity index (χ2n) is 5.38. The van der Waals surface area contributed by atoms with Gasteiger partial charge in [-0.1, -0.05) is 0 Å². The molecule has 2 N–H and O–H groups in total. The van der Waals surface area contributed by atoms with E-state index >= 15 is 0 Å². The van der Waals surface area contributed by atoms with Crippen molar-refractivity contribution >= 4 is 5.96 Å². The van der Waals surface area contributed by atoms with Gasteiger partial charge < -0.3 is 15.4 Å². The summed E-state index contributed by atoms with van der Waals surface area (Å²) in [7, 11) is 1.75. The number of nitrogens with zero attached hydrogens (tertiary/aromatic N) is 2. The number of guanidine groups is 1. The van der Waals surface area contributed by atoms with E-state index in [-0.39, 0.29) is 5.82 Å². The number of aromatic nitrogens is 1. The maximum absolute atomic E-state index is 12.9. The molecule has 3 rings (SSSR count). The van der Waals surface area contributed by atoms with Crippen LogP contribution in [-0.2, 0) is 6.54 Å². The maximum Gasteiger partial charge on any atom is 0.191 e. The van der Waals surface area contributed by atoms with Crippen molar-refractivity contribution in [2.45, 2.75) is 25.4 Å². The molecule has 1 saturated carbocycles. The van der Waals surface area contributed by atoms with Crippen LogP contribution in [0.1, 0.15) is 18.5 Å². The molecule has 1 aromatic carbocycles. The van der Waals surface area contributed by atoms with E-state index in [0.29, 0.717) is 24.1 Å². The summed E-state index contributed by atoms with van der Waals surface area (Å²) in [6.07, 6.45) is 4.08. The molecule has 0 unspecified atom stereocenters. The molecule has 0 atom stereocenters. The van der Waals surface area contributed by atoms with Crippen LogP contribution in [0.25, 0.3) is 0 Å². The quantitative estimate of drug-likeness (QED) is 0.658. The van der Waals surface area contributed by atoms with Crippen LogP contribution in [0.15, 0.2) is 47.6 Å². The molecular weight excluding hydrogens is 295 g/mol. The number of halogens is 1. The minimum atomic E-state index is -0.286. The summed E-state index contributed by atoms with van der Waals surface area (Å²) in [5.74, 6) is 1.74. The molecule has 1 aromatic heterocycles. The van der Waals surface area contributed by atoms with Crippen LogP contribution < -0.4 is 15.4 Å². The van der Waals surface area contributed by atoms with Crippen LogP contribution in [0.3, 0.4) is 0 Å². The molecule has 0 bridgehead atoms. The average molecular weight is 314 g/mol. The Morgan fingerprint density at radius 2 is 2.04 bits per heavy atom. The van der Waals surface area contributed by atoms with Gasteiger partial charge >= 0.3 is 0 Å². The molecule has 1 heterocycles. The van der Waals surface area contributed by atoms with Crippen LogP contribution in [0, 0.1) is 5.82 Å². The van der Waals surface area contributed by atoms with Crippen LogP contribution in [0.5, 0.6) is 11.5 Å². The fourth-order valence-electron chi connectivity index (χ4n) is 2.04. The minimum absolute atomic E-state index is 0.286. The number of benzene rings is 1. The number of hydrogen-bond donors (Lipinski definition) is 2. The molecule has 23 heavy (non-hydrogen) atoms. The van der Waals surface area contributed by atoms with E-state index in [1.54, 1.807) is 31.4 Å². The summed E-state index contributed by atoms with van der Waals surface area (Å²) < 4.78 is 18.6. The van der Waals surface area contributed by atoms with Gasteiger partial charge in [0.15, 0.2) is 5.96 Å². The number of ether oxygens (including phenoxy) is 1. The highest BCUT2D eigenvalue weighted by Gasteiger charge is 2.22. The SMILES string of the molecule is CN=C(NCc1cc(Oc2ccc(F)cc2)ccn1)NC1CC1. The van der Waals surface area contributed by atoms with Crippen molar-refractivity contribution in [1.29, 1.82) is 0 Å². The molecule has 0 spiro atoms. The summed E-state index contributed by atoms with van der Waals surface area (Å²) in [5, 5.41) is 6.54. The van der Waals surface area contributed by atoms with Crippen molar-refractivity contribution in [3.63, 3.8) is 0 Å². The van der Waals surface area contributed by atoms with Gasteiger partial charge in [0, 0.05) is 25.4 Å². The topological polar surface area (TPSA) is 58.5 Å². The first-order valence-corrected chi connectivity index (χ1v) is 7.58. The Kier molecular flexibility index (Phi) is 4.71. The van der Waals surface area contributed by atoms with Gasteiger partial charge in [-0.15, -0.1) is 0 Å². The summed E-state index contributed by atoms with van der Waals surface area (Å²) in [4.78, 5) is 8.49. The zero-order valence-electron chi connectivity index (χ0n) is 12.9. The van der Waals surface area contributed by atoms with E-state index in [9.17, 15) is 4.39 Å². The molecule has 0 saturated heterocycles. The summed E-state index contributed by atoms with van der Waals surface area (Å²) in [6, 6.07) is 10.1. The van der Waals surface area contributed by atoms with E-state index in [1.165, 1.54) is 25.0 Å². The number of aliphatic imine (C=N–C) groups is 1. The smallest absolute Gasteiger partial charge is 0.191 e. The second kappa shape index (κ2) is 7.09. The van der Waals surface area contributed by atoms with Crippen molar-refractivity contribution in [3.05, 3.63) is 54.1 Å². The largest absolute Gasteiger partial charge is 0.457 e. The molecule has 2 aromatic rings. The van der Waals surface area contributed by atoms with Gasteiger partial charge in [-0.05, 0) is 43.2 Å². The zero-order chi connectivity index (χ0) is 16.1. The highest BCUT2D eigenvalue weighted by atomic mass is 19.1. The van der Waals surface area contributed by atoms with Gasteiger partial charge in [0.25, 0.3) is 0 Å². The van der Waals surface area contributed by atoms with E-state index < -0.39 is 0 Å². The Bertz CT molecular complexity index is 683. The Hall–Kier alpha value is -2.63. The molecule has 0 amide bonds. The zero-order valence-corrected chi connectivity index (χ0v) is 12.9. The van der Waals surface area contributed by atoms with Crippen molar-refractivity contribution in [2.75, 3.05) is 7.05 Å². The first-order chi connectivity index (χ1) is 11.2. The minimum Gasteiger partial charge on any atom is -0.457 e. The lowest BCUT2D eigenvalue weighted by Crippen LogP contribution is -2.38. The monoisotopic (exact) mass is 314 g/mol. The molecule has 1 aliphatic carbocycles. The second-order valence-corrected chi connectivity index (χ2v) is 5.38. The summed E-state index contributed by atoms with van der Waals surface area (Å²) in [6.45, 7) is 0.549. The van der Waals surface area contributed by atoms with Crippen LogP contribution in [0.4, 0.5) is 4.39 Å². The highest BCUT2D eigenvalue weighted by Crippen LogP contribution is 2.21. The molecule has 0 radical (unpaired) electrons. The predicted octanol–water partition coefficient (Wildman–Crippen LogP) is 2.84. The van der Waals surface area contributed by atoms with Crippen LogP contribution >= 0.6 is 0 Å². The lowest BCUT2D eigenvalue weighted by atomic mass is 10.3. The third-order valence-corrected chi connectivity index (χ3v) is 3.42. The Morgan fingerprint density at radius 3 is 2.74 bits per heavy atom. The first kappa shape index (κ1) is 15.3. The molecule has 1 fully saturated rings. The fourth-order valence-corrected chi connectivity index (χ4v) is 2.04. The molecule has 6 heteroatoms. The van der Waals surface area contributed by atoms with Crippen molar-refractivity contribution in [3.8, 4) is 11.5 Å². The van der Waals surface area contributed by atoms with E-state index in [4.69, 9.17) is 4.74 Å². The Labute approximate surface area is 134 Å². The Morgan fingerprint density at radius 1 is 1.26 bits per heavy atom. The number of rotatable bonds is 5. The normalized spacial score (nSPS) is 14.4. The van der Waals surface area contributed by atoms with Crippen molar-refractivity contribution in [2.24, 2.45) is 4.99 Å². The van der Waals surface area contributed by atoms with Gasteiger partial charge in [-0.3, -0.25) is 9.98 Å². The van der Waals surface area contributed by atoms with E-state index in [0.717, 1.165) is 11.7 Å². The van der Waals surface area contributed by atoms with Crippen LogP contribution in [-0.4, -0.2) is 24.0 Å². The van der Waals surface area contributed by atoms with Crippen molar-refractivity contribution < 1.29 is 9.13 Å². The Balaban J connectivity index is 1.59. The highest BCUT2D eigenvalue weighted by molar-refractivity contribution is 5.80. The molecule has 0 aliphatic heterocycles. The standard InChI is InChI=1S/C17H19FN4O/c1-19-17(22-13-4-5-13)21-11-14-10-16(8-9-20-14)23-15-6-2-12(18)3-7-15/h2-3,6-10,13H,4-5,11H2,1H3,(H2,19,21,22). The molecule has 1 aliphatic rings. The molecular formula is C17H19FN4O. The summed E-state index contributed by atoms with van der Waals surface area (Å²) >= 11 is 0. The maximum atomic E-state index is 12.9. The van der Waals surface area contributed by atoms with Crippen molar-refractivity contribution in [1.82, 2.24) is 15.6 Å². The van der Waals surface area contributed by atoms with Gasteiger partial charge in [-0.25, -0.2) is 4.39 Å². The predicted molar refractivity (Wildman–Crippen MR) is 87.1 cm³/mol. The first-order valence-electron chi connectivity index (χ1n) is 7.58. The third kappa shape index (κ3) is 4.67. The lowest BCUT2D eigenvalue weighted by molar-refractivity contribution is 0.478. The molecule has 120 valence electrons. The fraction of sp³-hybridized carbons (Fsp3) is 0.294. The van der Waals surface area contributed by atoms with E-state index in [1.807, 2.05) is 6.07 Å².